The Morgan fingerprint density at radius 1 is 1.27 bits per heavy atom. The maximum Gasteiger partial charge on any atom is 0.273 e. The molecule has 2 N–H and O–H groups in total. The van der Waals surface area contributed by atoms with Gasteiger partial charge in [-0.2, -0.15) is 0 Å². The van der Waals surface area contributed by atoms with Crippen molar-refractivity contribution in [3.05, 3.63) is 57.8 Å². The molecule has 1 fully saturated rings. The van der Waals surface area contributed by atoms with Crippen LogP contribution in [-0.4, -0.2) is 42.0 Å². The van der Waals surface area contributed by atoms with Gasteiger partial charge >= 0.3 is 0 Å². The largest absolute Gasteiger partial charge is 0.368 e. The predicted molar refractivity (Wildman–Crippen MR) is 102 cm³/mol. The van der Waals surface area contributed by atoms with Crippen LogP contribution >= 0.6 is 12.4 Å². The molecule has 1 aromatic carbocycles. The molecule has 26 heavy (non-hydrogen) atoms. The zero-order chi connectivity index (χ0) is 17.8. The Bertz CT molecular complexity index is 791. The van der Waals surface area contributed by atoms with Crippen LogP contribution in [0.5, 0.6) is 0 Å². The molecular formula is C17H20ClN5O3. The SMILES string of the molecule is Cc1ccc(C(=O)Nc2ccc(N3CCNCC3)cn2)cc1[N+](=O)[O-].Cl. The van der Waals surface area contributed by atoms with Crippen molar-refractivity contribution in [3.8, 4) is 0 Å². The second-order valence-electron chi connectivity index (χ2n) is 5.85. The van der Waals surface area contributed by atoms with Crippen LogP contribution in [0.1, 0.15) is 15.9 Å². The molecule has 1 aromatic heterocycles. The third-order valence-corrected chi connectivity index (χ3v) is 4.14. The van der Waals surface area contributed by atoms with Crippen LogP contribution in [-0.2, 0) is 0 Å². The number of nitro groups is 1. The number of rotatable bonds is 4. The van der Waals surface area contributed by atoms with Gasteiger partial charge in [-0.05, 0) is 25.1 Å². The quantitative estimate of drug-likeness (QED) is 0.626. The summed E-state index contributed by atoms with van der Waals surface area (Å²) in [5, 5.41) is 17.0. The van der Waals surface area contributed by atoms with Crippen LogP contribution in [0.2, 0.25) is 0 Å². The lowest BCUT2D eigenvalue weighted by Crippen LogP contribution is -2.43. The minimum absolute atomic E-state index is 0. The van der Waals surface area contributed by atoms with E-state index in [2.05, 4.69) is 20.5 Å². The van der Waals surface area contributed by atoms with Crippen molar-refractivity contribution >= 4 is 35.5 Å². The number of piperazine rings is 1. The number of aryl methyl sites for hydroxylation is 1. The van der Waals surface area contributed by atoms with Gasteiger partial charge in [-0.3, -0.25) is 14.9 Å². The molecule has 8 nitrogen and oxygen atoms in total. The standard InChI is InChI=1S/C17H19N5O3.ClH/c1-12-2-3-13(10-15(12)22(24)25)17(23)20-16-5-4-14(11-19-16)21-8-6-18-7-9-21;/h2-5,10-11,18H,6-9H2,1H3,(H,19,20,23);1H. The fourth-order valence-corrected chi connectivity index (χ4v) is 2.71. The Kier molecular flexibility index (Phi) is 6.48. The average molecular weight is 378 g/mol. The van der Waals surface area contributed by atoms with Crippen LogP contribution in [0.4, 0.5) is 17.2 Å². The van der Waals surface area contributed by atoms with Gasteiger partial charge in [0.25, 0.3) is 11.6 Å². The monoisotopic (exact) mass is 377 g/mol. The van der Waals surface area contributed by atoms with Crippen LogP contribution < -0.4 is 15.5 Å². The normalized spacial score (nSPS) is 13.7. The molecule has 1 amide bonds. The number of hydrogen-bond donors (Lipinski definition) is 2. The lowest BCUT2D eigenvalue weighted by atomic mass is 10.1. The van der Waals surface area contributed by atoms with Crippen molar-refractivity contribution in [3.63, 3.8) is 0 Å². The van der Waals surface area contributed by atoms with E-state index in [1.807, 2.05) is 6.07 Å². The summed E-state index contributed by atoms with van der Waals surface area (Å²) in [6.07, 6.45) is 1.72. The van der Waals surface area contributed by atoms with Crippen molar-refractivity contribution in [2.45, 2.75) is 6.92 Å². The number of halogens is 1. The van der Waals surface area contributed by atoms with E-state index in [-0.39, 0.29) is 23.7 Å². The topological polar surface area (TPSA) is 100 Å². The Morgan fingerprint density at radius 3 is 2.62 bits per heavy atom. The lowest BCUT2D eigenvalue weighted by Gasteiger charge is -2.29. The second kappa shape index (κ2) is 8.59. The van der Waals surface area contributed by atoms with E-state index in [0.29, 0.717) is 11.4 Å². The highest BCUT2D eigenvalue weighted by Crippen LogP contribution is 2.20. The first-order chi connectivity index (χ1) is 12.0. The van der Waals surface area contributed by atoms with E-state index in [0.717, 1.165) is 31.9 Å². The van der Waals surface area contributed by atoms with Gasteiger partial charge in [-0.15, -0.1) is 12.4 Å². The molecule has 0 bridgehead atoms. The zero-order valence-corrected chi connectivity index (χ0v) is 15.1. The summed E-state index contributed by atoms with van der Waals surface area (Å²) in [5.41, 5.74) is 1.67. The molecule has 1 aliphatic rings. The van der Waals surface area contributed by atoms with E-state index < -0.39 is 10.8 Å². The minimum Gasteiger partial charge on any atom is -0.368 e. The van der Waals surface area contributed by atoms with E-state index in [4.69, 9.17) is 0 Å². The summed E-state index contributed by atoms with van der Waals surface area (Å²) in [5.74, 6) is -0.0161. The summed E-state index contributed by atoms with van der Waals surface area (Å²) >= 11 is 0. The molecule has 0 atom stereocenters. The van der Waals surface area contributed by atoms with Gasteiger partial charge in [0.1, 0.15) is 5.82 Å². The zero-order valence-electron chi connectivity index (χ0n) is 14.3. The third kappa shape index (κ3) is 4.47. The first-order valence-corrected chi connectivity index (χ1v) is 8.03. The van der Waals surface area contributed by atoms with Gasteiger partial charge in [0, 0.05) is 43.4 Å². The number of carbonyl (C=O) groups is 1. The molecule has 2 aromatic rings. The van der Waals surface area contributed by atoms with Crippen LogP contribution in [0.15, 0.2) is 36.5 Å². The van der Waals surface area contributed by atoms with Crippen molar-refractivity contribution < 1.29 is 9.72 Å². The molecule has 9 heteroatoms. The fourth-order valence-electron chi connectivity index (χ4n) is 2.71. The minimum atomic E-state index is -0.493. The molecule has 0 radical (unpaired) electrons. The molecule has 138 valence electrons. The van der Waals surface area contributed by atoms with Crippen molar-refractivity contribution in [1.82, 2.24) is 10.3 Å². The number of pyridine rings is 1. The third-order valence-electron chi connectivity index (χ3n) is 4.14. The number of benzene rings is 1. The molecule has 0 unspecified atom stereocenters. The molecule has 0 spiro atoms. The number of hydrogen-bond acceptors (Lipinski definition) is 6. The van der Waals surface area contributed by atoms with Crippen molar-refractivity contribution in [2.75, 3.05) is 36.4 Å². The molecule has 1 saturated heterocycles. The fraction of sp³-hybridized carbons (Fsp3) is 0.294. The van der Waals surface area contributed by atoms with Crippen LogP contribution in [0.3, 0.4) is 0 Å². The molecular weight excluding hydrogens is 358 g/mol. The number of carbonyl (C=O) groups excluding carboxylic acids is 1. The maximum atomic E-state index is 12.3. The Labute approximate surface area is 157 Å². The number of nitro benzene ring substituents is 1. The highest BCUT2D eigenvalue weighted by atomic mass is 35.5. The van der Waals surface area contributed by atoms with E-state index >= 15 is 0 Å². The van der Waals surface area contributed by atoms with Crippen molar-refractivity contribution in [1.29, 1.82) is 0 Å². The Balaban J connectivity index is 0.00000243. The van der Waals surface area contributed by atoms with Gasteiger partial charge in [0.2, 0.25) is 0 Å². The Morgan fingerprint density at radius 2 is 2.00 bits per heavy atom. The highest BCUT2D eigenvalue weighted by Gasteiger charge is 2.16. The van der Waals surface area contributed by atoms with Gasteiger partial charge in [-0.1, -0.05) is 6.07 Å². The molecule has 2 heterocycles. The maximum absolute atomic E-state index is 12.3. The summed E-state index contributed by atoms with van der Waals surface area (Å²) in [4.78, 5) is 29.3. The van der Waals surface area contributed by atoms with Gasteiger partial charge in [-0.25, -0.2) is 4.98 Å². The number of anilines is 2. The smallest absolute Gasteiger partial charge is 0.273 e. The average Bonchev–Trinajstić information content (AvgIpc) is 2.63. The van der Waals surface area contributed by atoms with E-state index in [9.17, 15) is 14.9 Å². The number of amides is 1. The van der Waals surface area contributed by atoms with E-state index in [1.165, 1.54) is 6.07 Å². The summed E-state index contributed by atoms with van der Waals surface area (Å²) in [6.45, 7) is 5.34. The summed E-state index contributed by atoms with van der Waals surface area (Å²) < 4.78 is 0. The van der Waals surface area contributed by atoms with Crippen LogP contribution in [0.25, 0.3) is 0 Å². The Hall–Kier alpha value is -2.71. The first kappa shape index (κ1) is 19.6. The van der Waals surface area contributed by atoms with Gasteiger partial charge in [0.15, 0.2) is 0 Å². The number of aromatic nitrogens is 1. The van der Waals surface area contributed by atoms with Crippen LogP contribution in [0, 0.1) is 17.0 Å². The van der Waals surface area contributed by atoms with E-state index in [1.54, 1.807) is 31.3 Å². The summed E-state index contributed by atoms with van der Waals surface area (Å²) in [6, 6.07) is 8.05. The van der Waals surface area contributed by atoms with Crippen molar-refractivity contribution in [2.24, 2.45) is 0 Å². The lowest BCUT2D eigenvalue weighted by molar-refractivity contribution is -0.385. The molecule has 0 saturated carbocycles. The predicted octanol–water partition coefficient (Wildman–Crippen LogP) is 2.38. The molecule has 3 rings (SSSR count). The first-order valence-electron chi connectivity index (χ1n) is 8.03. The molecule has 1 aliphatic heterocycles. The van der Waals surface area contributed by atoms with Gasteiger partial charge < -0.3 is 15.5 Å². The second-order valence-corrected chi connectivity index (χ2v) is 5.85. The highest BCUT2D eigenvalue weighted by molar-refractivity contribution is 6.04. The summed E-state index contributed by atoms with van der Waals surface area (Å²) in [7, 11) is 0. The number of nitrogens with one attached hydrogen (secondary N) is 2. The van der Waals surface area contributed by atoms with Gasteiger partial charge in [0.05, 0.1) is 16.8 Å². The number of nitrogens with zero attached hydrogens (tertiary/aromatic N) is 3. The molecule has 0 aliphatic carbocycles.